The molecule has 2 aromatic carbocycles. The molecule has 2 rings (SSSR count). The number of carbonyl (C=O) groups is 1. The molecule has 0 fully saturated rings. The van der Waals surface area contributed by atoms with Crippen LogP contribution in [0.3, 0.4) is 0 Å². The minimum atomic E-state index is -0.944. The van der Waals surface area contributed by atoms with Crippen LogP contribution in [0.4, 0.5) is 4.39 Å². The molecule has 2 N–H and O–H groups in total. The van der Waals surface area contributed by atoms with Crippen LogP contribution in [-0.4, -0.2) is 31.3 Å². The Hall–Kier alpha value is -2.31. The molecular weight excluding hydrogens is 349 g/mol. The van der Waals surface area contributed by atoms with E-state index in [9.17, 15) is 9.18 Å². The smallest absolute Gasteiger partial charge is 0.317 e. The zero-order chi connectivity index (χ0) is 18.2. The van der Waals surface area contributed by atoms with Gasteiger partial charge in [-0.2, -0.15) is 0 Å². The van der Waals surface area contributed by atoms with Crippen LogP contribution < -0.4 is 14.8 Å². The van der Waals surface area contributed by atoms with Gasteiger partial charge in [0.25, 0.3) is 0 Å². The average Bonchev–Trinajstić information content (AvgIpc) is 2.58. The molecular formula is C18H19ClFNO4. The Morgan fingerprint density at radius 3 is 2.56 bits per heavy atom. The van der Waals surface area contributed by atoms with Crippen LogP contribution in [0.15, 0.2) is 36.4 Å². The van der Waals surface area contributed by atoms with Gasteiger partial charge < -0.3 is 19.9 Å². The van der Waals surface area contributed by atoms with Crippen molar-refractivity contribution >= 4 is 17.6 Å². The Kier molecular flexibility index (Phi) is 7.03. The van der Waals surface area contributed by atoms with Crippen molar-refractivity contribution in [1.82, 2.24) is 5.32 Å². The van der Waals surface area contributed by atoms with Gasteiger partial charge in [-0.15, -0.1) is 0 Å². The van der Waals surface area contributed by atoms with Gasteiger partial charge in [0, 0.05) is 5.56 Å². The van der Waals surface area contributed by atoms with Crippen molar-refractivity contribution in [2.75, 3.05) is 20.2 Å². The van der Waals surface area contributed by atoms with Crippen molar-refractivity contribution in [3.63, 3.8) is 0 Å². The lowest BCUT2D eigenvalue weighted by Crippen LogP contribution is -2.25. The van der Waals surface area contributed by atoms with E-state index >= 15 is 0 Å². The van der Waals surface area contributed by atoms with Crippen LogP contribution in [0, 0.1) is 5.82 Å². The van der Waals surface area contributed by atoms with Crippen LogP contribution >= 0.6 is 11.6 Å². The van der Waals surface area contributed by atoms with E-state index in [-0.39, 0.29) is 18.2 Å². The number of rotatable bonds is 9. The monoisotopic (exact) mass is 367 g/mol. The normalized spacial score (nSPS) is 10.5. The standard InChI is InChI=1S/C18H19ClFNO4/c1-24-14-2-4-15(5-3-14)25-11-16-12(6-7-21-10-18(22)23)8-13(20)9-17(16)19/h2-5,8-9,21H,6-7,10-11H2,1H3,(H,22,23). The molecule has 0 saturated heterocycles. The molecule has 0 aliphatic carbocycles. The molecule has 0 saturated carbocycles. The molecule has 0 aliphatic heterocycles. The quantitative estimate of drug-likeness (QED) is 0.666. The van der Waals surface area contributed by atoms with Gasteiger partial charge in [-0.3, -0.25) is 4.79 Å². The Morgan fingerprint density at radius 2 is 1.92 bits per heavy atom. The van der Waals surface area contributed by atoms with Gasteiger partial charge in [-0.1, -0.05) is 11.6 Å². The van der Waals surface area contributed by atoms with Crippen LogP contribution in [0.1, 0.15) is 11.1 Å². The number of methoxy groups -OCH3 is 1. The largest absolute Gasteiger partial charge is 0.497 e. The van der Waals surface area contributed by atoms with Crippen molar-refractivity contribution in [3.8, 4) is 11.5 Å². The first kappa shape index (κ1) is 19.0. The Balaban J connectivity index is 2.05. The van der Waals surface area contributed by atoms with Gasteiger partial charge in [0.15, 0.2) is 0 Å². The summed E-state index contributed by atoms with van der Waals surface area (Å²) in [5.74, 6) is -0.0275. The zero-order valence-corrected chi connectivity index (χ0v) is 14.5. The minimum Gasteiger partial charge on any atom is -0.497 e. The number of ether oxygens (including phenoxy) is 2. The first-order valence-electron chi connectivity index (χ1n) is 7.65. The molecule has 25 heavy (non-hydrogen) atoms. The van der Waals surface area contributed by atoms with Crippen molar-refractivity contribution in [1.29, 1.82) is 0 Å². The third kappa shape index (κ3) is 5.92. The third-order valence-electron chi connectivity index (χ3n) is 3.54. The van der Waals surface area contributed by atoms with Crippen LogP contribution in [0.25, 0.3) is 0 Å². The van der Waals surface area contributed by atoms with Crippen molar-refractivity contribution in [2.45, 2.75) is 13.0 Å². The molecule has 7 heteroatoms. The third-order valence-corrected chi connectivity index (χ3v) is 3.88. The van der Waals surface area contributed by atoms with E-state index < -0.39 is 11.8 Å². The van der Waals surface area contributed by atoms with Crippen LogP contribution in [-0.2, 0) is 17.8 Å². The summed E-state index contributed by atoms with van der Waals surface area (Å²) in [4.78, 5) is 10.5. The van der Waals surface area contributed by atoms with Gasteiger partial charge in [0.05, 0.1) is 18.7 Å². The number of nitrogens with one attached hydrogen (secondary N) is 1. The predicted molar refractivity (Wildman–Crippen MR) is 92.9 cm³/mol. The highest BCUT2D eigenvalue weighted by Crippen LogP contribution is 2.25. The first-order valence-corrected chi connectivity index (χ1v) is 8.03. The summed E-state index contributed by atoms with van der Waals surface area (Å²) >= 11 is 6.16. The second-order valence-electron chi connectivity index (χ2n) is 5.31. The lowest BCUT2D eigenvalue weighted by Gasteiger charge is -2.14. The van der Waals surface area contributed by atoms with Gasteiger partial charge >= 0.3 is 5.97 Å². The second kappa shape index (κ2) is 9.25. The summed E-state index contributed by atoms with van der Waals surface area (Å²) in [7, 11) is 1.58. The van der Waals surface area contributed by atoms with E-state index in [1.165, 1.54) is 12.1 Å². The zero-order valence-electron chi connectivity index (χ0n) is 13.7. The second-order valence-corrected chi connectivity index (χ2v) is 5.72. The molecule has 0 radical (unpaired) electrons. The molecule has 0 heterocycles. The Bertz CT molecular complexity index is 722. The fraction of sp³-hybridized carbons (Fsp3) is 0.278. The fourth-order valence-corrected chi connectivity index (χ4v) is 2.57. The minimum absolute atomic E-state index is 0.152. The summed E-state index contributed by atoms with van der Waals surface area (Å²) in [6.07, 6.45) is 0.437. The van der Waals surface area contributed by atoms with Crippen molar-refractivity contribution < 1.29 is 23.8 Å². The highest BCUT2D eigenvalue weighted by atomic mass is 35.5. The van der Waals surface area contributed by atoms with E-state index in [0.29, 0.717) is 29.8 Å². The number of halogens is 2. The molecule has 0 aliphatic rings. The molecule has 0 amide bonds. The molecule has 0 aromatic heterocycles. The highest BCUT2D eigenvalue weighted by Gasteiger charge is 2.11. The lowest BCUT2D eigenvalue weighted by molar-refractivity contribution is -0.135. The average molecular weight is 368 g/mol. The van der Waals surface area contributed by atoms with Gasteiger partial charge in [0.1, 0.15) is 23.9 Å². The molecule has 5 nitrogen and oxygen atoms in total. The van der Waals surface area contributed by atoms with Gasteiger partial charge in [0.2, 0.25) is 0 Å². The molecule has 2 aromatic rings. The molecule has 0 unspecified atom stereocenters. The summed E-state index contributed by atoms with van der Waals surface area (Å²) in [6.45, 7) is 0.419. The Labute approximate surface area is 150 Å². The summed E-state index contributed by atoms with van der Waals surface area (Å²) in [5.41, 5.74) is 1.35. The number of carboxylic acid groups (broad SMARTS) is 1. The van der Waals surface area contributed by atoms with E-state index in [0.717, 1.165) is 5.75 Å². The van der Waals surface area contributed by atoms with E-state index in [4.69, 9.17) is 26.2 Å². The maximum atomic E-state index is 13.6. The fourth-order valence-electron chi connectivity index (χ4n) is 2.29. The van der Waals surface area contributed by atoms with E-state index in [1.54, 1.807) is 31.4 Å². The summed E-state index contributed by atoms with van der Waals surface area (Å²) < 4.78 is 24.4. The highest BCUT2D eigenvalue weighted by molar-refractivity contribution is 6.31. The first-order chi connectivity index (χ1) is 12.0. The summed E-state index contributed by atoms with van der Waals surface area (Å²) in [6, 6.07) is 9.72. The maximum absolute atomic E-state index is 13.6. The molecule has 0 bridgehead atoms. The van der Waals surface area contributed by atoms with Gasteiger partial charge in [-0.05, 0) is 54.9 Å². The van der Waals surface area contributed by atoms with Crippen molar-refractivity contribution in [3.05, 3.63) is 58.4 Å². The SMILES string of the molecule is COc1ccc(OCc2c(Cl)cc(F)cc2CCNCC(=O)O)cc1. The van der Waals surface area contributed by atoms with Crippen LogP contribution in [0.5, 0.6) is 11.5 Å². The number of hydrogen-bond donors (Lipinski definition) is 2. The van der Waals surface area contributed by atoms with Crippen LogP contribution in [0.2, 0.25) is 5.02 Å². The predicted octanol–water partition coefficient (Wildman–Crippen LogP) is 3.28. The number of hydrogen-bond acceptors (Lipinski definition) is 4. The lowest BCUT2D eigenvalue weighted by atomic mass is 10.0. The molecule has 0 spiro atoms. The topological polar surface area (TPSA) is 67.8 Å². The maximum Gasteiger partial charge on any atom is 0.317 e. The number of benzene rings is 2. The number of carboxylic acids is 1. The van der Waals surface area contributed by atoms with E-state index in [1.807, 2.05) is 0 Å². The van der Waals surface area contributed by atoms with E-state index in [2.05, 4.69) is 5.32 Å². The Morgan fingerprint density at radius 1 is 1.24 bits per heavy atom. The molecule has 0 atom stereocenters. The van der Waals surface area contributed by atoms with Gasteiger partial charge in [-0.25, -0.2) is 4.39 Å². The van der Waals surface area contributed by atoms with Crippen molar-refractivity contribution in [2.24, 2.45) is 0 Å². The number of aliphatic carboxylic acids is 1. The summed E-state index contributed by atoms with van der Waals surface area (Å²) in [5, 5.41) is 11.7. The molecule has 134 valence electrons.